The Balaban J connectivity index is 5.52. The summed E-state index contributed by atoms with van der Waals surface area (Å²) in [6, 6.07) is -4.68. The molecule has 0 aliphatic heterocycles. The number of carbonyl (C=O) groups excluding carboxylic acids is 3. The van der Waals surface area contributed by atoms with Gasteiger partial charge in [-0.3, -0.25) is 19.2 Å². The van der Waals surface area contributed by atoms with Crippen LogP contribution < -0.4 is 27.4 Å². The van der Waals surface area contributed by atoms with Crippen molar-refractivity contribution in [3.05, 3.63) is 0 Å². The molecule has 0 spiro atoms. The summed E-state index contributed by atoms with van der Waals surface area (Å²) in [4.78, 5) is 60.9. The van der Waals surface area contributed by atoms with Gasteiger partial charge in [-0.05, 0) is 50.2 Å². The second kappa shape index (κ2) is 17.1. The highest BCUT2D eigenvalue weighted by Gasteiger charge is 2.32. The van der Waals surface area contributed by atoms with E-state index in [0.717, 1.165) is 0 Å². The largest absolute Gasteiger partial charge is 0.481 e. The van der Waals surface area contributed by atoms with Gasteiger partial charge in [0, 0.05) is 0 Å². The molecule has 0 aliphatic carbocycles. The minimum absolute atomic E-state index is 0.204. The number of carboxylic acids is 2. The van der Waals surface area contributed by atoms with E-state index >= 15 is 0 Å². The minimum Gasteiger partial charge on any atom is -0.481 e. The number of unbranched alkanes of at least 4 members (excludes halogenated alkanes) is 1. The van der Waals surface area contributed by atoms with E-state index in [4.69, 9.17) is 11.5 Å². The first kappa shape index (κ1) is 31.6. The van der Waals surface area contributed by atoms with E-state index in [2.05, 4.69) is 16.0 Å². The SMILES string of the molecule is CCC(C)C(NC(=O)C(CC(=O)O)NC(=O)C(CCCCN)NC(=O)C(N)CCSC)C(=O)O. The van der Waals surface area contributed by atoms with Crippen molar-refractivity contribution in [1.82, 2.24) is 16.0 Å². The Morgan fingerprint density at radius 1 is 0.912 bits per heavy atom. The summed E-state index contributed by atoms with van der Waals surface area (Å²) in [5.74, 6) is -4.64. The number of amides is 3. The second-order valence-corrected chi connectivity index (χ2v) is 9.09. The van der Waals surface area contributed by atoms with Crippen molar-refractivity contribution in [2.45, 2.75) is 76.5 Å². The maximum atomic E-state index is 12.9. The van der Waals surface area contributed by atoms with Gasteiger partial charge < -0.3 is 37.6 Å². The van der Waals surface area contributed by atoms with Crippen LogP contribution in [-0.2, 0) is 24.0 Å². The Labute approximate surface area is 204 Å². The zero-order valence-corrected chi connectivity index (χ0v) is 20.9. The predicted octanol–water partition coefficient (Wildman–Crippen LogP) is -0.744. The lowest BCUT2D eigenvalue weighted by Gasteiger charge is -2.26. The molecule has 0 aromatic heterocycles. The van der Waals surface area contributed by atoms with E-state index in [-0.39, 0.29) is 6.42 Å². The summed E-state index contributed by atoms with van der Waals surface area (Å²) in [5, 5.41) is 25.8. The molecule has 0 rings (SSSR count). The third kappa shape index (κ3) is 12.2. The average Bonchev–Trinajstić information content (AvgIpc) is 2.78. The van der Waals surface area contributed by atoms with Gasteiger partial charge in [-0.2, -0.15) is 11.8 Å². The van der Waals surface area contributed by atoms with Crippen LogP contribution in [0.1, 0.15) is 52.4 Å². The molecule has 13 heteroatoms. The number of carbonyl (C=O) groups is 5. The lowest BCUT2D eigenvalue weighted by atomic mass is 9.98. The smallest absolute Gasteiger partial charge is 0.326 e. The van der Waals surface area contributed by atoms with Crippen molar-refractivity contribution in [1.29, 1.82) is 0 Å². The van der Waals surface area contributed by atoms with Crippen LogP contribution in [0, 0.1) is 5.92 Å². The van der Waals surface area contributed by atoms with Crippen LogP contribution in [-0.4, -0.2) is 82.6 Å². The van der Waals surface area contributed by atoms with Gasteiger partial charge >= 0.3 is 11.9 Å². The first-order chi connectivity index (χ1) is 16.0. The fourth-order valence-electron chi connectivity index (χ4n) is 3.01. The third-order valence-electron chi connectivity index (χ3n) is 5.34. The molecule has 9 N–H and O–H groups in total. The van der Waals surface area contributed by atoms with Gasteiger partial charge in [0.05, 0.1) is 12.5 Å². The van der Waals surface area contributed by atoms with E-state index in [9.17, 15) is 34.2 Å². The number of nitrogens with one attached hydrogen (secondary N) is 3. The molecule has 0 bridgehead atoms. The normalized spacial score (nSPS) is 15.3. The Hall–Kier alpha value is -2.38. The number of aliphatic carboxylic acids is 2. The fourth-order valence-corrected chi connectivity index (χ4v) is 3.50. The summed E-state index contributed by atoms with van der Waals surface area (Å²) < 4.78 is 0. The van der Waals surface area contributed by atoms with E-state index in [1.807, 2.05) is 6.26 Å². The van der Waals surface area contributed by atoms with Crippen molar-refractivity contribution in [2.24, 2.45) is 17.4 Å². The maximum Gasteiger partial charge on any atom is 0.326 e. The van der Waals surface area contributed by atoms with Crippen LogP contribution in [0.4, 0.5) is 0 Å². The van der Waals surface area contributed by atoms with E-state index < -0.39 is 66.2 Å². The fraction of sp³-hybridized carbons (Fsp3) is 0.762. The average molecular weight is 506 g/mol. The van der Waals surface area contributed by atoms with Crippen molar-refractivity contribution in [2.75, 3.05) is 18.6 Å². The molecule has 0 saturated heterocycles. The molecule has 5 atom stereocenters. The molecule has 0 fully saturated rings. The topological polar surface area (TPSA) is 214 Å². The highest BCUT2D eigenvalue weighted by atomic mass is 32.2. The van der Waals surface area contributed by atoms with E-state index in [1.165, 1.54) is 11.8 Å². The number of hydrogen-bond donors (Lipinski definition) is 7. The first-order valence-corrected chi connectivity index (χ1v) is 12.7. The Morgan fingerprint density at radius 2 is 1.50 bits per heavy atom. The van der Waals surface area contributed by atoms with Crippen LogP contribution in [0.5, 0.6) is 0 Å². The van der Waals surface area contributed by atoms with Gasteiger partial charge in [-0.25, -0.2) is 4.79 Å². The predicted molar refractivity (Wildman–Crippen MR) is 129 cm³/mol. The molecule has 0 aromatic carbocycles. The van der Waals surface area contributed by atoms with Gasteiger partial charge in [0.25, 0.3) is 0 Å². The Bertz CT molecular complexity index is 694. The molecule has 196 valence electrons. The summed E-state index contributed by atoms with van der Waals surface area (Å²) >= 11 is 1.52. The van der Waals surface area contributed by atoms with E-state index in [1.54, 1.807) is 13.8 Å². The molecule has 0 aromatic rings. The zero-order chi connectivity index (χ0) is 26.3. The van der Waals surface area contributed by atoms with Crippen molar-refractivity contribution >= 4 is 41.4 Å². The molecule has 12 nitrogen and oxygen atoms in total. The summed E-state index contributed by atoms with van der Waals surface area (Å²) in [6.45, 7) is 3.76. The maximum absolute atomic E-state index is 12.9. The number of hydrogen-bond acceptors (Lipinski definition) is 8. The van der Waals surface area contributed by atoms with Crippen LogP contribution in [0.25, 0.3) is 0 Å². The minimum atomic E-state index is -1.53. The first-order valence-electron chi connectivity index (χ1n) is 11.3. The number of thioether (sulfide) groups is 1. The number of carboxylic acid groups (broad SMARTS) is 2. The van der Waals surface area contributed by atoms with Gasteiger partial charge in [0.1, 0.15) is 18.1 Å². The molecule has 0 heterocycles. The molecule has 0 radical (unpaired) electrons. The Kier molecular flexibility index (Phi) is 15.9. The molecule has 0 saturated carbocycles. The third-order valence-corrected chi connectivity index (χ3v) is 5.98. The van der Waals surface area contributed by atoms with Crippen LogP contribution >= 0.6 is 11.8 Å². The van der Waals surface area contributed by atoms with Crippen molar-refractivity contribution in [3.63, 3.8) is 0 Å². The molecular formula is C21H39N5O7S. The van der Waals surface area contributed by atoms with Crippen molar-refractivity contribution < 1.29 is 34.2 Å². The highest BCUT2D eigenvalue weighted by molar-refractivity contribution is 7.98. The molecule has 0 aliphatic rings. The number of nitrogens with two attached hydrogens (primary N) is 2. The zero-order valence-electron chi connectivity index (χ0n) is 20.0. The summed E-state index contributed by atoms with van der Waals surface area (Å²) in [6.07, 6.45) is 3.26. The van der Waals surface area contributed by atoms with Crippen molar-refractivity contribution in [3.8, 4) is 0 Å². The highest BCUT2D eigenvalue weighted by Crippen LogP contribution is 2.10. The van der Waals surface area contributed by atoms with Gasteiger partial charge in [0.2, 0.25) is 17.7 Å². The lowest BCUT2D eigenvalue weighted by Crippen LogP contribution is -2.58. The summed E-state index contributed by atoms with van der Waals surface area (Å²) in [5.41, 5.74) is 11.4. The van der Waals surface area contributed by atoms with Gasteiger partial charge in [-0.15, -0.1) is 0 Å². The Morgan fingerprint density at radius 3 is 2.00 bits per heavy atom. The molecular weight excluding hydrogens is 466 g/mol. The van der Waals surface area contributed by atoms with Crippen LogP contribution in [0.15, 0.2) is 0 Å². The van der Waals surface area contributed by atoms with Crippen LogP contribution in [0.3, 0.4) is 0 Å². The summed E-state index contributed by atoms with van der Waals surface area (Å²) in [7, 11) is 0. The molecule has 3 amide bonds. The quantitative estimate of drug-likeness (QED) is 0.116. The van der Waals surface area contributed by atoms with Gasteiger partial charge in [-0.1, -0.05) is 20.3 Å². The molecule has 5 unspecified atom stereocenters. The standard InChI is InChI=1S/C21H39N5O7S/c1-4-12(2)17(21(32)33)26-20(31)15(11-16(27)28)25-19(30)14(7-5-6-9-22)24-18(29)13(23)8-10-34-3/h12-15,17H,4-11,22-23H2,1-3H3,(H,24,29)(H,25,30)(H,26,31)(H,27,28)(H,32,33). The number of rotatable bonds is 18. The monoisotopic (exact) mass is 505 g/mol. The molecule has 34 heavy (non-hydrogen) atoms. The van der Waals surface area contributed by atoms with E-state index in [0.29, 0.717) is 38.0 Å². The van der Waals surface area contributed by atoms with Gasteiger partial charge in [0.15, 0.2) is 0 Å². The van der Waals surface area contributed by atoms with Crippen LogP contribution in [0.2, 0.25) is 0 Å². The lowest BCUT2D eigenvalue weighted by molar-refractivity contribution is -0.144. The second-order valence-electron chi connectivity index (χ2n) is 8.10.